The number of nitrogens with zero attached hydrogens (tertiary/aromatic N) is 3. The first kappa shape index (κ1) is 32.0. The van der Waals surface area contributed by atoms with E-state index in [0.717, 1.165) is 5.57 Å². The van der Waals surface area contributed by atoms with Crippen LogP contribution in [0, 0.1) is 5.92 Å². The normalized spacial score (nSPS) is 12.0. The summed E-state index contributed by atoms with van der Waals surface area (Å²) in [4.78, 5) is 11.7. The first-order chi connectivity index (χ1) is 12.5. The van der Waals surface area contributed by atoms with Gasteiger partial charge in [0.15, 0.2) is 0 Å². The molecule has 1 atom stereocenters. The summed E-state index contributed by atoms with van der Waals surface area (Å²) in [6, 6.07) is 0. The van der Waals surface area contributed by atoms with Gasteiger partial charge in [0.05, 0.1) is 5.92 Å². The molecule has 0 aromatic heterocycles. The Bertz CT molecular complexity index is 451. The van der Waals surface area contributed by atoms with Crippen molar-refractivity contribution in [1.29, 1.82) is 0 Å². The molecule has 0 amide bonds. The zero-order valence-corrected chi connectivity index (χ0v) is 18.4. The predicted octanol–water partition coefficient (Wildman–Crippen LogP) is 4.96. The fourth-order valence-corrected chi connectivity index (χ4v) is 1.19. The summed E-state index contributed by atoms with van der Waals surface area (Å²) < 4.78 is 0. The number of rotatable bonds is 7. The van der Waals surface area contributed by atoms with E-state index in [1.807, 2.05) is 60.0 Å². The first-order valence-electron chi connectivity index (χ1n) is 8.66. The van der Waals surface area contributed by atoms with Crippen molar-refractivity contribution in [1.82, 2.24) is 5.48 Å². The quantitative estimate of drug-likeness (QED) is 0.249. The van der Waals surface area contributed by atoms with E-state index in [9.17, 15) is 0 Å². The average molecular weight is 388 g/mol. The number of nitrogens with two attached hydrogens (primary N) is 1. The van der Waals surface area contributed by atoms with Gasteiger partial charge >= 0.3 is 0 Å². The Balaban J connectivity index is -0.000000362. The van der Waals surface area contributed by atoms with Crippen molar-refractivity contribution in [3.05, 3.63) is 35.0 Å². The zero-order chi connectivity index (χ0) is 21.4. The molecule has 0 heterocycles. The Labute approximate surface area is 165 Å². The largest absolute Gasteiger partial charge is 0.333 e. The van der Waals surface area contributed by atoms with Crippen molar-refractivity contribution >= 4 is 30.4 Å². The predicted molar refractivity (Wildman–Crippen MR) is 120 cm³/mol. The molecule has 0 saturated carbocycles. The van der Waals surface area contributed by atoms with Gasteiger partial charge < -0.3 is 5.73 Å². The van der Waals surface area contributed by atoms with E-state index in [-0.39, 0.29) is 12.6 Å². The standard InChI is InChI=1S/C14H21ClN4O.2C2H6.CH5N/c1-11(2)5-6-13(15)7-8-18-14(19-20)12(3)9-17-10-16-4;3*1-2/h5-9,12,20H,4,10H2,1-3H3,(H,18,19);2*1-2H3;2H2,1H3/b8-7+,13-6+,17-9-;;;. The van der Waals surface area contributed by atoms with Gasteiger partial charge in [-0.15, -0.1) is 0 Å². The van der Waals surface area contributed by atoms with Crippen molar-refractivity contribution in [2.75, 3.05) is 13.7 Å². The lowest BCUT2D eigenvalue weighted by molar-refractivity contribution is 0.230. The number of allylic oxidation sites excluding steroid dienone is 5. The highest BCUT2D eigenvalue weighted by atomic mass is 35.5. The minimum Gasteiger partial charge on any atom is -0.333 e. The molecule has 0 aliphatic carbocycles. The van der Waals surface area contributed by atoms with E-state index in [1.165, 1.54) is 13.2 Å². The van der Waals surface area contributed by atoms with Crippen molar-refractivity contribution in [3.8, 4) is 0 Å². The van der Waals surface area contributed by atoms with Crippen molar-refractivity contribution < 1.29 is 5.21 Å². The molecule has 26 heavy (non-hydrogen) atoms. The highest BCUT2D eigenvalue weighted by Gasteiger charge is 2.05. The number of hydrogen-bond acceptors (Lipinski definition) is 5. The molecule has 0 aliphatic rings. The van der Waals surface area contributed by atoms with Crippen LogP contribution in [0.1, 0.15) is 48.5 Å². The number of hydroxylamine groups is 1. The van der Waals surface area contributed by atoms with Crippen molar-refractivity contribution in [2.24, 2.45) is 26.6 Å². The van der Waals surface area contributed by atoms with Crippen molar-refractivity contribution in [2.45, 2.75) is 48.5 Å². The Kier molecular flexibility index (Phi) is 34.5. The molecule has 0 bridgehead atoms. The Morgan fingerprint density at radius 1 is 1.19 bits per heavy atom. The lowest BCUT2D eigenvalue weighted by Gasteiger charge is -2.06. The molecule has 0 spiro atoms. The van der Waals surface area contributed by atoms with Crippen LogP contribution in [0.4, 0.5) is 0 Å². The molecule has 152 valence electrons. The number of hydrogen-bond donors (Lipinski definition) is 3. The maximum atomic E-state index is 9.03. The highest BCUT2D eigenvalue weighted by molar-refractivity contribution is 6.31. The van der Waals surface area contributed by atoms with Gasteiger partial charge in [-0.3, -0.25) is 20.7 Å². The lowest BCUT2D eigenvalue weighted by atomic mass is 10.2. The molecule has 0 saturated heterocycles. The zero-order valence-electron chi connectivity index (χ0n) is 17.6. The van der Waals surface area contributed by atoms with Crippen LogP contribution >= 0.6 is 11.6 Å². The minimum absolute atomic E-state index is 0.174. The SMILES string of the molecule is C=NC/N=C\C(C)C(=N/C=C/C(Cl)=C\C=C(C)C)NO.CC.CC.CN. The first-order valence-corrected chi connectivity index (χ1v) is 9.04. The summed E-state index contributed by atoms with van der Waals surface area (Å²) in [6.07, 6.45) is 8.44. The molecule has 0 aromatic rings. The van der Waals surface area contributed by atoms with Gasteiger partial charge in [0, 0.05) is 17.4 Å². The van der Waals surface area contributed by atoms with Crippen LogP contribution in [0.15, 0.2) is 50.0 Å². The van der Waals surface area contributed by atoms with Crippen molar-refractivity contribution in [3.63, 3.8) is 0 Å². The van der Waals surface area contributed by atoms with Gasteiger partial charge in [0.25, 0.3) is 0 Å². The van der Waals surface area contributed by atoms with Gasteiger partial charge in [-0.1, -0.05) is 57.9 Å². The fourth-order valence-electron chi connectivity index (χ4n) is 1.07. The number of nitrogens with one attached hydrogen (secondary N) is 1. The average Bonchev–Trinajstić information content (AvgIpc) is 2.68. The smallest absolute Gasteiger partial charge is 0.133 e. The summed E-state index contributed by atoms with van der Waals surface area (Å²) in [5, 5.41) is 9.57. The summed E-state index contributed by atoms with van der Waals surface area (Å²) in [5.41, 5.74) is 7.69. The molecular formula is C19H38ClN5O. The van der Waals surface area contributed by atoms with Crippen LogP contribution in [-0.4, -0.2) is 37.7 Å². The molecule has 0 aliphatic heterocycles. The molecular weight excluding hydrogens is 350 g/mol. The van der Waals surface area contributed by atoms with Gasteiger partial charge in [0.2, 0.25) is 0 Å². The summed E-state index contributed by atoms with van der Waals surface area (Å²) >= 11 is 5.97. The number of aliphatic imine (C=N–C) groups is 3. The van der Waals surface area contributed by atoms with E-state index < -0.39 is 0 Å². The van der Waals surface area contributed by atoms with E-state index in [1.54, 1.807) is 18.4 Å². The molecule has 0 rings (SSSR count). The van der Waals surface area contributed by atoms with Crippen LogP contribution in [0.5, 0.6) is 0 Å². The molecule has 7 heteroatoms. The van der Waals surface area contributed by atoms with Crippen LogP contribution in [0.25, 0.3) is 0 Å². The van der Waals surface area contributed by atoms with E-state index in [2.05, 4.69) is 27.4 Å². The highest BCUT2D eigenvalue weighted by Crippen LogP contribution is 2.05. The Hall–Kier alpha value is -1.76. The monoisotopic (exact) mass is 387 g/mol. The van der Waals surface area contributed by atoms with Crippen LogP contribution in [-0.2, 0) is 0 Å². The molecule has 1 unspecified atom stereocenters. The lowest BCUT2D eigenvalue weighted by Crippen LogP contribution is -2.27. The maximum absolute atomic E-state index is 9.03. The minimum atomic E-state index is -0.174. The van der Waals surface area contributed by atoms with E-state index in [4.69, 9.17) is 16.8 Å². The third-order valence-electron chi connectivity index (χ3n) is 2.08. The Morgan fingerprint density at radius 3 is 2.15 bits per heavy atom. The second kappa shape index (κ2) is 28.1. The van der Waals surface area contributed by atoms with Gasteiger partial charge in [0.1, 0.15) is 12.5 Å². The molecule has 0 fully saturated rings. The molecule has 0 aromatic carbocycles. The van der Waals surface area contributed by atoms with Crippen LogP contribution in [0.2, 0.25) is 0 Å². The van der Waals surface area contributed by atoms with Gasteiger partial charge in [-0.25, -0.2) is 4.99 Å². The summed E-state index contributed by atoms with van der Waals surface area (Å²) in [5.74, 6) is 0.188. The third kappa shape index (κ3) is 24.5. The third-order valence-corrected chi connectivity index (χ3v) is 2.33. The van der Waals surface area contributed by atoms with Crippen LogP contribution < -0.4 is 11.2 Å². The van der Waals surface area contributed by atoms with E-state index in [0.29, 0.717) is 10.9 Å². The van der Waals surface area contributed by atoms with Gasteiger partial charge in [-0.05, 0) is 39.8 Å². The molecule has 0 radical (unpaired) electrons. The maximum Gasteiger partial charge on any atom is 0.133 e. The van der Waals surface area contributed by atoms with E-state index >= 15 is 0 Å². The topological polar surface area (TPSA) is 95.4 Å². The second-order valence-corrected chi connectivity index (χ2v) is 4.66. The second-order valence-electron chi connectivity index (χ2n) is 4.22. The summed E-state index contributed by atoms with van der Waals surface area (Å²) in [6.45, 7) is 17.4. The molecule has 4 N–H and O–H groups in total. The fraction of sp³-hybridized carbons (Fsp3) is 0.526. The summed E-state index contributed by atoms with van der Waals surface area (Å²) in [7, 11) is 1.50. The van der Waals surface area contributed by atoms with Gasteiger partial charge in [-0.2, -0.15) is 0 Å². The number of amidine groups is 1. The Morgan fingerprint density at radius 2 is 1.73 bits per heavy atom. The molecule has 6 nitrogen and oxygen atoms in total. The van der Waals surface area contributed by atoms with Crippen LogP contribution in [0.3, 0.4) is 0 Å². The number of halogens is 1.